The van der Waals surface area contributed by atoms with Crippen LogP contribution in [0.5, 0.6) is 5.75 Å². The third-order valence-electron chi connectivity index (χ3n) is 5.44. The van der Waals surface area contributed by atoms with Crippen molar-refractivity contribution in [2.75, 3.05) is 5.32 Å². The van der Waals surface area contributed by atoms with Crippen molar-refractivity contribution in [1.82, 2.24) is 14.4 Å². The number of aromatic nitrogens is 3. The maximum absolute atomic E-state index is 13.0. The van der Waals surface area contributed by atoms with E-state index >= 15 is 0 Å². The SMILES string of the molecule is CC(C)Oc1cc2nc(C3CCCCC3)cn2cc1C(=O)Nc1cccc(C(F)F)n1. The second-order valence-corrected chi connectivity index (χ2v) is 8.19. The van der Waals surface area contributed by atoms with Gasteiger partial charge in [-0.3, -0.25) is 4.79 Å². The van der Waals surface area contributed by atoms with Crippen LogP contribution in [0.1, 0.15) is 80.0 Å². The number of pyridine rings is 2. The lowest BCUT2D eigenvalue weighted by atomic mass is 9.87. The number of rotatable bonds is 6. The number of halogens is 2. The zero-order valence-corrected chi connectivity index (χ0v) is 17.6. The van der Waals surface area contributed by atoms with Gasteiger partial charge in [-0.15, -0.1) is 0 Å². The fourth-order valence-electron chi connectivity index (χ4n) is 3.98. The molecule has 4 rings (SSSR count). The van der Waals surface area contributed by atoms with Crippen LogP contribution in [-0.2, 0) is 0 Å². The number of alkyl halides is 2. The first-order valence-electron chi connectivity index (χ1n) is 10.7. The molecule has 31 heavy (non-hydrogen) atoms. The molecule has 1 aliphatic rings. The van der Waals surface area contributed by atoms with E-state index in [1.807, 2.05) is 24.4 Å². The molecule has 0 spiro atoms. The number of nitrogens with zero attached hydrogens (tertiary/aromatic N) is 3. The fraction of sp³-hybridized carbons (Fsp3) is 0.435. The number of anilines is 1. The Morgan fingerprint density at radius 1 is 1.16 bits per heavy atom. The lowest BCUT2D eigenvalue weighted by Gasteiger charge is -2.19. The molecule has 1 fully saturated rings. The molecular formula is C23H26F2N4O2. The molecule has 0 atom stereocenters. The summed E-state index contributed by atoms with van der Waals surface area (Å²) >= 11 is 0. The fourth-order valence-corrected chi connectivity index (χ4v) is 3.98. The molecule has 3 aromatic rings. The first-order chi connectivity index (χ1) is 14.9. The third-order valence-corrected chi connectivity index (χ3v) is 5.44. The van der Waals surface area contributed by atoms with Gasteiger partial charge in [-0.25, -0.2) is 18.7 Å². The predicted octanol–water partition coefficient (Wildman–Crippen LogP) is 5.75. The molecule has 1 N–H and O–H groups in total. The van der Waals surface area contributed by atoms with Crippen LogP contribution in [0.2, 0.25) is 0 Å². The number of nitrogens with one attached hydrogen (secondary N) is 1. The van der Waals surface area contributed by atoms with Gasteiger partial charge in [0.05, 0.1) is 17.4 Å². The topological polar surface area (TPSA) is 68.5 Å². The average molecular weight is 428 g/mol. The average Bonchev–Trinajstić information content (AvgIpc) is 3.16. The standard InChI is InChI=1S/C23H26F2N4O2/c1-14(2)31-19-11-21-27-18(15-7-4-3-5-8-15)13-29(21)12-16(19)23(30)28-20-10-6-9-17(26-20)22(24)25/h6,9-15,22H,3-5,7-8H2,1-2H3,(H,26,28,30). The first-order valence-corrected chi connectivity index (χ1v) is 10.7. The molecule has 0 radical (unpaired) electrons. The number of carbonyl (C=O) groups is 1. The second kappa shape index (κ2) is 8.99. The molecule has 1 amide bonds. The van der Waals surface area contributed by atoms with Gasteiger partial charge in [-0.1, -0.05) is 25.3 Å². The summed E-state index contributed by atoms with van der Waals surface area (Å²) in [5, 5.41) is 2.60. The van der Waals surface area contributed by atoms with E-state index in [1.54, 1.807) is 12.3 Å². The van der Waals surface area contributed by atoms with Crippen LogP contribution >= 0.6 is 0 Å². The molecule has 164 valence electrons. The number of amides is 1. The van der Waals surface area contributed by atoms with Gasteiger partial charge in [0.15, 0.2) is 0 Å². The highest BCUT2D eigenvalue weighted by Gasteiger charge is 2.21. The summed E-state index contributed by atoms with van der Waals surface area (Å²) in [6.45, 7) is 3.75. The molecule has 3 aromatic heterocycles. The summed E-state index contributed by atoms with van der Waals surface area (Å²) in [6.07, 6.45) is 6.71. The minimum Gasteiger partial charge on any atom is -0.490 e. The number of ether oxygens (including phenoxy) is 1. The van der Waals surface area contributed by atoms with E-state index in [0.717, 1.165) is 18.5 Å². The molecular weight excluding hydrogens is 402 g/mol. The van der Waals surface area contributed by atoms with Gasteiger partial charge in [-0.05, 0) is 38.8 Å². The van der Waals surface area contributed by atoms with Gasteiger partial charge in [0.1, 0.15) is 22.9 Å². The highest BCUT2D eigenvalue weighted by molar-refractivity contribution is 6.05. The van der Waals surface area contributed by atoms with Gasteiger partial charge in [0.2, 0.25) is 0 Å². The Bertz CT molecular complexity index is 1070. The molecule has 0 aromatic carbocycles. The van der Waals surface area contributed by atoms with Crippen LogP contribution < -0.4 is 10.1 Å². The summed E-state index contributed by atoms with van der Waals surface area (Å²) in [5.41, 5.74) is 1.64. The molecule has 8 heteroatoms. The normalized spacial score (nSPS) is 15.0. The first kappa shape index (κ1) is 21.2. The Morgan fingerprint density at radius 3 is 2.65 bits per heavy atom. The zero-order valence-electron chi connectivity index (χ0n) is 17.6. The summed E-state index contributed by atoms with van der Waals surface area (Å²) in [7, 11) is 0. The summed E-state index contributed by atoms with van der Waals surface area (Å²) < 4.78 is 33.6. The largest absolute Gasteiger partial charge is 0.490 e. The van der Waals surface area contributed by atoms with Gasteiger partial charge in [0, 0.05) is 24.4 Å². The number of imidazole rings is 1. The van der Waals surface area contributed by atoms with Crippen LogP contribution in [0, 0.1) is 0 Å². The highest BCUT2D eigenvalue weighted by Crippen LogP contribution is 2.33. The number of hydrogen-bond donors (Lipinski definition) is 1. The Morgan fingerprint density at radius 2 is 1.94 bits per heavy atom. The molecule has 6 nitrogen and oxygen atoms in total. The Kier molecular flexibility index (Phi) is 6.15. The predicted molar refractivity (Wildman–Crippen MR) is 114 cm³/mol. The number of hydrogen-bond acceptors (Lipinski definition) is 4. The van der Waals surface area contributed by atoms with Crippen molar-refractivity contribution in [1.29, 1.82) is 0 Å². The van der Waals surface area contributed by atoms with Crippen LogP contribution in [0.4, 0.5) is 14.6 Å². The maximum Gasteiger partial charge on any atom is 0.280 e. The van der Waals surface area contributed by atoms with Crippen LogP contribution in [0.3, 0.4) is 0 Å². The molecule has 0 saturated heterocycles. The van der Waals surface area contributed by atoms with E-state index in [-0.39, 0.29) is 17.5 Å². The van der Waals surface area contributed by atoms with Crippen LogP contribution in [0.25, 0.3) is 5.65 Å². The summed E-state index contributed by atoms with van der Waals surface area (Å²) in [5.74, 6) is 0.406. The van der Waals surface area contributed by atoms with Crippen molar-refractivity contribution >= 4 is 17.4 Å². The van der Waals surface area contributed by atoms with Gasteiger partial charge in [-0.2, -0.15) is 0 Å². The van der Waals surface area contributed by atoms with E-state index in [4.69, 9.17) is 9.72 Å². The van der Waals surface area contributed by atoms with E-state index in [2.05, 4.69) is 10.3 Å². The quantitative estimate of drug-likeness (QED) is 0.542. The molecule has 1 saturated carbocycles. The molecule has 0 unspecified atom stereocenters. The third kappa shape index (κ3) is 4.84. The van der Waals surface area contributed by atoms with E-state index in [9.17, 15) is 13.6 Å². The highest BCUT2D eigenvalue weighted by atomic mass is 19.3. The van der Waals surface area contributed by atoms with Crippen LogP contribution in [0.15, 0.2) is 36.7 Å². The molecule has 3 heterocycles. The number of carbonyl (C=O) groups excluding carboxylic acids is 1. The monoisotopic (exact) mass is 428 g/mol. The summed E-state index contributed by atoms with van der Waals surface area (Å²) in [6, 6.07) is 5.89. The zero-order chi connectivity index (χ0) is 22.0. The molecule has 1 aliphatic carbocycles. The Labute approximate surface area is 179 Å². The van der Waals surface area contributed by atoms with Gasteiger partial charge in [0.25, 0.3) is 12.3 Å². The Balaban J connectivity index is 1.67. The van der Waals surface area contributed by atoms with Crippen molar-refractivity contribution in [3.05, 3.63) is 53.6 Å². The minimum absolute atomic E-state index is 0.0620. The molecule has 0 bridgehead atoms. The second-order valence-electron chi connectivity index (χ2n) is 8.19. The Hall–Kier alpha value is -3.03. The van der Waals surface area contributed by atoms with Crippen LogP contribution in [-0.4, -0.2) is 26.4 Å². The van der Waals surface area contributed by atoms with Gasteiger partial charge >= 0.3 is 0 Å². The van der Waals surface area contributed by atoms with Crippen molar-refractivity contribution in [2.24, 2.45) is 0 Å². The molecule has 0 aliphatic heterocycles. The van der Waals surface area contributed by atoms with E-state index in [1.165, 1.54) is 37.5 Å². The van der Waals surface area contributed by atoms with Crippen molar-refractivity contribution < 1.29 is 18.3 Å². The van der Waals surface area contributed by atoms with Crippen molar-refractivity contribution in [3.8, 4) is 5.75 Å². The number of fused-ring (bicyclic) bond motifs is 1. The lowest BCUT2D eigenvalue weighted by Crippen LogP contribution is -2.17. The van der Waals surface area contributed by atoms with Crippen molar-refractivity contribution in [2.45, 2.75) is 64.4 Å². The maximum atomic E-state index is 13.0. The smallest absolute Gasteiger partial charge is 0.280 e. The van der Waals surface area contributed by atoms with Crippen molar-refractivity contribution in [3.63, 3.8) is 0 Å². The lowest BCUT2D eigenvalue weighted by molar-refractivity contribution is 0.101. The van der Waals surface area contributed by atoms with E-state index in [0.29, 0.717) is 17.3 Å². The minimum atomic E-state index is -2.71. The summed E-state index contributed by atoms with van der Waals surface area (Å²) in [4.78, 5) is 21.6. The van der Waals surface area contributed by atoms with Gasteiger partial charge < -0.3 is 14.5 Å². The van der Waals surface area contributed by atoms with E-state index < -0.39 is 18.0 Å².